The maximum atomic E-state index is 9.67. The van der Waals surface area contributed by atoms with Crippen LogP contribution in [-0.2, 0) is 4.74 Å². The summed E-state index contributed by atoms with van der Waals surface area (Å²) in [4.78, 5) is 0. The number of nitrogens with one attached hydrogen (secondary N) is 1. The second-order valence-electron chi connectivity index (χ2n) is 4.25. The van der Waals surface area contributed by atoms with Gasteiger partial charge >= 0.3 is 0 Å². The van der Waals surface area contributed by atoms with Crippen LogP contribution in [0.5, 0.6) is 0 Å². The van der Waals surface area contributed by atoms with E-state index in [0.717, 1.165) is 19.1 Å². The zero-order valence-electron chi connectivity index (χ0n) is 9.39. The van der Waals surface area contributed by atoms with E-state index in [1.165, 1.54) is 12.8 Å². The van der Waals surface area contributed by atoms with Crippen molar-refractivity contribution in [1.29, 1.82) is 0 Å². The number of ether oxygens (including phenoxy) is 1. The lowest BCUT2D eigenvalue weighted by atomic mass is 10.3. The monoisotopic (exact) mass is 225 g/mol. The topological polar surface area (TPSA) is 54.6 Å². The molecule has 1 aliphatic rings. The van der Waals surface area contributed by atoms with Gasteiger partial charge < -0.3 is 19.6 Å². The summed E-state index contributed by atoms with van der Waals surface area (Å²) < 4.78 is 10.6. The van der Waals surface area contributed by atoms with Crippen LogP contribution in [0.3, 0.4) is 0 Å². The fourth-order valence-corrected chi connectivity index (χ4v) is 1.50. The van der Waals surface area contributed by atoms with Crippen LogP contribution in [0.2, 0.25) is 0 Å². The fourth-order valence-electron chi connectivity index (χ4n) is 1.50. The molecule has 1 unspecified atom stereocenters. The van der Waals surface area contributed by atoms with Gasteiger partial charge in [-0.15, -0.1) is 0 Å². The minimum atomic E-state index is -0.571. The molecule has 90 valence electrons. The van der Waals surface area contributed by atoms with Gasteiger partial charge in [-0.3, -0.25) is 0 Å². The molecule has 0 amide bonds. The van der Waals surface area contributed by atoms with E-state index in [1.54, 1.807) is 18.4 Å². The van der Waals surface area contributed by atoms with Gasteiger partial charge in [0.15, 0.2) is 0 Å². The average molecular weight is 225 g/mol. The molecule has 1 fully saturated rings. The highest BCUT2D eigenvalue weighted by molar-refractivity contribution is 5.01. The molecule has 2 rings (SSSR count). The first-order chi connectivity index (χ1) is 7.86. The number of aliphatic hydroxyl groups is 1. The van der Waals surface area contributed by atoms with Crippen LogP contribution < -0.4 is 5.32 Å². The lowest BCUT2D eigenvalue weighted by molar-refractivity contribution is 0.115. The van der Waals surface area contributed by atoms with E-state index >= 15 is 0 Å². The van der Waals surface area contributed by atoms with Crippen molar-refractivity contribution in [2.24, 2.45) is 5.92 Å². The van der Waals surface area contributed by atoms with Gasteiger partial charge in [0.25, 0.3) is 0 Å². The molecular formula is C12H19NO3. The predicted molar refractivity (Wildman–Crippen MR) is 60.1 cm³/mol. The molecule has 16 heavy (non-hydrogen) atoms. The Morgan fingerprint density at radius 3 is 3.12 bits per heavy atom. The van der Waals surface area contributed by atoms with Gasteiger partial charge in [-0.25, -0.2) is 0 Å². The number of furan rings is 1. The second kappa shape index (κ2) is 6.03. The van der Waals surface area contributed by atoms with Crippen LogP contribution in [0.4, 0.5) is 0 Å². The van der Waals surface area contributed by atoms with E-state index < -0.39 is 6.10 Å². The molecule has 0 aromatic carbocycles. The normalized spacial score (nSPS) is 17.6. The first-order valence-corrected chi connectivity index (χ1v) is 5.86. The van der Waals surface area contributed by atoms with Crippen LogP contribution in [0.15, 0.2) is 22.8 Å². The second-order valence-corrected chi connectivity index (χ2v) is 4.25. The smallest absolute Gasteiger partial charge is 0.133 e. The Morgan fingerprint density at radius 1 is 1.56 bits per heavy atom. The molecule has 2 N–H and O–H groups in total. The highest BCUT2D eigenvalue weighted by atomic mass is 16.5. The van der Waals surface area contributed by atoms with Gasteiger partial charge in [0.1, 0.15) is 11.9 Å². The van der Waals surface area contributed by atoms with Crippen LogP contribution in [0.1, 0.15) is 24.7 Å². The number of hydrogen-bond donors (Lipinski definition) is 2. The molecule has 1 aromatic rings. The standard InChI is InChI=1S/C12H19NO3/c14-11(12-2-1-6-16-12)8-13-5-7-15-9-10-3-4-10/h1-2,6,10-11,13-14H,3-5,7-9H2. The van der Waals surface area contributed by atoms with Crippen molar-refractivity contribution >= 4 is 0 Å². The number of aliphatic hydroxyl groups excluding tert-OH is 1. The van der Waals surface area contributed by atoms with Gasteiger partial charge in [-0.1, -0.05) is 0 Å². The first-order valence-electron chi connectivity index (χ1n) is 5.86. The molecule has 0 aliphatic heterocycles. The Balaban J connectivity index is 1.47. The summed E-state index contributed by atoms with van der Waals surface area (Å²) in [6.45, 7) is 2.87. The summed E-state index contributed by atoms with van der Waals surface area (Å²) in [5, 5.41) is 12.8. The molecule has 1 saturated carbocycles. The van der Waals surface area contributed by atoms with Crippen LogP contribution in [0.25, 0.3) is 0 Å². The minimum Gasteiger partial charge on any atom is -0.467 e. The summed E-state index contributed by atoms with van der Waals surface area (Å²) in [5.74, 6) is 1.42. The summed E-state index contributed by atoms with van der Waals surface area (Å²) in [6, 6.07) is 3.55. The lowest BCUT2D eigenvalue weighted by Gasteiger charge is -2.09. The Kier molecular flexibility index (Phi) is 4.39. The Labute approximate surface area is 95.6 Å². The third kappa shape index (κ3) is 3.96. The SMILES string of the molecule is OC(CNCCOCC1CC1)c1ccco1. The molecule has 0 saturated heterocycles. The van der Waals surface area contributed by atoms with Crippen molar-refractivity contribution in [3.05, 3.63) is 24.2 Å². The van der Waals surface area contributed by atoms with Crippen molar-refractivity contribution in [3.8, 4) is 0 Å². The largest absolute Gasteiger partial charge is 0.467 e. The highest BCUT2D eigenvalue weighted by Crippen LogP contribution is 2.28. The van der Waals surface area contributed by atoms with E-state index in [2.05, 4.69) is 5.32 Å². The Bertz CT molecular complexity index is 282. The molecular weight excluding hydrogens is 206 g/mol. The fraction of sp³-hybridized carbons (Fsp3) is 0.667. The van der Waals surface area contributed by atoms with Crippen LogP contribution in [0, 0.1) is 5.92 Å². The molecule has 1 heterocycles. The van der Waals surface area contributed by atoms with Gasteiger partial charge in [-0.05, 0) is 30.9 Å². The zero-order chi connectivity index (χ0) is 11.2. The van der Waals surface area contributed by atoms with E-state index in [1.807, 2.05) is 0 Å². The van der Waals surface area contributed by atoms with Crippen molar-refractivity contribution in [3.63, 3.8) is 0 Å². The van der Waals surface area contributed by atoms with Gasteiger partial charge in [0.2, 0.25) is 0 Å². The zero-order valence-corrected chi connectivity index (χ0v) is 9.39. The molecule has 0 radical (unpaired) electrons. The quantitative estimate of drug-likeness (QED) is 0.655. The van der Waals surface area contributed by atoms with Gasteiger partial charge in [-0.2, -0.15) is 0 Å². The highest BCUT2D eigenvalue weighted by Gasteiger charge is 2.20. The first kappa shape index (κ1) is 11.6. The predicted octanol–water partition coefficient (Wildman–Crippen LogP) is 1.33. The van der Waals surface area contributed by atoms with Crippen molar-refractivity contribution in [1.82, 2.24) is 5.32 Å². The summed E-state index contributed by atoms with van der Waals surface area (Å²) in [7, 11) is 0. The Morgan fingerprint density at radius 2 is 2.44 bits per heavy atom. The third-order valence-corrected chi connectivity index (χ3v) is 2.68. The van der Waals surface area contributed by atoms with Crippen molar-refractivity contribution in [2.45, 2.75) is 18.9 Å². The van der Waals surface area contributed by atoms with Crippen LogP contribution in [-0.4, -0.2) is 31.4 Å². The maximum absolute atomic E-state index is 9.67. The molecule has 0 bridgehead atoms. The van der Waals surface area contributed by atoms with Crippen molar-refractivity contribution < 1.29 is 14.3 Å². The summed E-state index contributed by atoms with van der Waals surface area (Å²) >= 11 is 0. The van der Waals surface area contributed by atoms with Gasteiger partial charge in [0, 0.05) is 19.7 Å². The van der Waals surface area contributed by atoms with Gasteiger partial charge in [0.05, 0.1) is 12.9 Å². The molecule has 1 aromatic heterocycles. The summed E-state index contributed by atoms with van der Waals surface area (Å²) in [6.07, 6.45) is 3.64. The van der Waals surface area contributed by atoms with Crippen LogP contribution >= 0.6 is 0 Å². The number of hydrogen-bond acceptors (Lipinski definition) is 4. The molecule has 4 heteroatoms. The third-order valence-electron chi connectivity index (χ3n) is 2.68. The average Bonchev–Trinajstić information content (AvgIpc) is 2.95. The van der Waals surface area contributed by atoms with E-state index in [-0.39, 0.29) is 0 Å². The number of rotatable bonds is 8. The van der Waals surface area contributed by atoms with E-state index in [9.17, 15) is 5.11 Å². The van der Waals surface area contributed by atoms with E-state index in [4.69, 9.17) is 9.15 Å². The maximum Gasteiger partial charge on any atom is 0.133 e. The summed E-state index contributed by atoms with van der Waals surface area (Å²) in [5.41, 5.74) is 0. The van der Waals surface area contributed by atoms with E-state index in [0.29, 0.717) is 18.9 Å². The molecule has 1 atom stereocenters. The molecule has 1 aliphatic carbocycles. The Hall–Kier alpha value is -0.840. The molecule has 4 nitrogen and oxygen atoms in total. The van der Waals surface area contributed by atoms with Crippen molar-refractivity contribution in [2.75, 3.05) is 26.3 Å². The molecule has 0 spiro atoms. The minimum absolute atomic E-state index is 0.500. The lowest BCUT2D eigenvalue weighted by Crippen LogP contribution is -2.25.